The molecule has 5 heteroatoms. The summed E-state index contributed by atoms with van der Waals surface area (Å²) in [4.78, 5) is 14.1. The van der Waals surface area contributed by atoms with Crippen LogP contribution in [0.1, 0.15) is 16.1 Å². The summed E-state index contributed by atoms with van der Waals surface area (Å²) >= 11 is 0. The van der Waals surface area contributed by atoms with Crippen LogP contribution in [0.3, 0.4) is 0 Å². The molecule has 0 fully saturated rings. The number of aromatic nitrogens is 1. The van der Waals surface area contributed by atoms with Crippen molar-refractivity contribution in [3.05, 3.63) is 71.9 Å². The third-order valence-electron chi connectivity index (χ3n) is 3.69. The number of hydrogen-bond acceptors (Lipinski definition) is 4. The summed E-state index contributed by atoms with van der Waals surface area (Å²) in [5, 5.41) is 3.90. The fraction of sp³-hybridized carbons (Fsp3) is 0.158. The molecule has 0 saturated carbocycles. The zero-order valence-corrected chi connectivity index (χ0v) is 13.6. The molecule has 0 spiro atoms. The maximum Gasteiger partial charge on any atom is 0.276 e. The van der Waals surface area contributed by atoms with Crippen molar-refractivity contribution < 1.29 is 14.1 Å². The number of methoxy groups -OCH3 is 1. The first-order chi connectivity index (χ1) is 11.7. The van der Waals surface area contributed by atoms with Crippen LogP contribution in [-0.4, -0.2) is 30.1 Å². The second kappa shape index (κ2) is 7.00. The zero-order valence-electron chi connectivity index (χ0n) is 13.6. The van der Waals surface area contributed by atoms with Crippen LogP contribution in [-0.2, 0) is 6.54 Å². The van der Waals surface area contributed by atoms with Gasteiger partial charge < -0.3 is 14.2 Å². The Kier molecular flexibility index (Phi) is 4.61. The molecule has 1 heterocycles. The molecule has 1 amide bonds. The lowest BCUT2D eigenvalue weighted by Crippen LogP contribution is -2.26. The molecule has 5 nitrogen and oxygen atoms in total. The van der Waals surface area contributed by atoms with Gasteiger partial charge in [0.15, 0.2) is 11.5 Å². The topological polar surface area (TPSA) is 55.6 Å². The Balaban J connectivity index is 1.75. The minimum Gasteiger partial charge on any atom is -0.497 e. The van der Waals surface area contributed by atoms with Crippen molar-refractivity contribution in [2.45, 2.75) is 6.54 Å². The van der Waals surface area contributed by atoms with Crippen LogP contribution in [0.4, 0.5) is 0 Å². The van der Waals surface area contributed by atoms with E-state index in [-0.39, 0.29) is 11.6 Å². The highest BCUT2D eigenvalue weighted by Crippen LogP contribution is 2.24. The van der Waals surface area contributed by atoms with Crippen LogP contribution in [0, 0.1) is 0 Å². The van der Waals surface area contributed by atoms with E-state index in [2.05, 4.69) is 5.16 Å². The minimum atomic E-state index is -0.184. The van der Waals surface area contributed by atoms with E-state index in [0.717, 1.165) is 16.9 Å². The second-order valence-corrected chi connectivity index (χ2v) is 5.46. The lowest BCUT2D eigenvalue weighted by atomic mass is 10.1. The molecular formula is C19H18N2O3. The number of rotatable bonds is 5. The number of benzene rings is 2. The van der Waals surface area contributed by atoms with Gasteiger partial charge in [-0.3, -0.25) is 4.79 Å². The van der Waals surface area contributed by atoms with Crippen molar-refractivity contribution in [1.29, 1.82) is 0 Å². The molecule has 0 bridgehead atoms. The Labute approximate surface area is 140 Å². The van der Waals surface area contributed by atoms with E-state index in [4.69, 9.17) is 9.26 Å². The van der Waals surface area contributed by atoms with Gasteiger partial charge in [0.1, 0.15) is 5.75 Å². The molecule has 3 aromatic rings. The molecule has 0 saturated heterocycles. The van der Waals surface area contributed by atoms with Crippen molar-refractivity contribution in [1.82, 2.24) is 10.1 Å². The lowest BCUT2D eigenvalue weighted by Gasteiger charge is -2.15. The standard InChI is InChI=1S/C19H18N2O3/c1-21(13-14-7-4-3-5-8-14)19(22)17-12-18(24-20-17)15-9-6-10-16(11-15)23-2/h3-12H,13H2,1-2H3. The second-order valence-electron chi connectivity index (χ2n) is 5.46. The Morgan fingerprint density at radius 1 is 1.12 bits per heavy atom. The lowest BCUT2D eigenvalue weighted by molar-refractivity contribution is 0.0775. The number of hydrogen-bond donors (Lipinski definition) is 0. The molecule has 0 atom stereocenters. The van der Waals surface area contributed by atoms with Crippen LogP contribution in [0.15, 0.2) is 65.2 Å². The summed E-state index contributed by atoms with van der Waals surface area (Å²) < 4.78 is 10.5. The van der Waals surface area contributed by atoms with Gasteiger partial charge >= 0.3 is 0 Å². The average molecular weight is 322 g/mol. The van der Waals surface area contributed by atoms with Gasteiger partial charge in [0, 0.05) is 25.2 Å². The monoisotopic (exact) mass is 322 g/mol. The summed E-state index contributed by atoms with van der Waals surface area (Å²) in [5.41, 5.74) is 2.16. The van der Waals surface area contributed by atoms with Crippen LogP contribution in [0.2, 0.25) is 0 Å². The maximum absolute atomic E-state index is 12.5. The third kappa shape index (κ3) is 3.46. The van der Waals surface area contributed by atoms with E-state index in [0.29, 0.717) is 12.3 Å². The van der Waals surface area contributed by atoms with E-state index in [1.807, 2.05) is 54.6 Å². The zero-order chi connectivity index (χ0) is 16.9. The summed E-state index contributed by atoms with van der Waals surface area (Å²) in [6, 6.07) is 18.9. The molecular weight excluding hydrogens is 304 g/mol. The van der Waals surface area contributed by atoms with Crippen LogP contribution >= 0.6 is 0 Å². The predicted molar refractivity (Wildman–Crippen MR) is 90.7 cm³/mol. The first kappa shape index (κ1) is 15.8. The smallest absolute Gasteiger partial charge is 0.276 e. The van der Waals surface area contributed by atoms with E-state index < -0.39 is 0 Å². The van der Waals surface area contributed by atoms with Gasteiger partial charge in [0.25, 0.3) is 5.91 Å². The first-order valence-electron chi connectivity index (χ1n) is 7.58. The molecule has 0 aliphatic carbocycles. The number of carbonyl (C=O) groups is 1. The Morgan fingerprint density at radius 2 is 1.92 bits per heavy atom. The normalized spacial score (nSPS) is 10.4. The van der Waals surface area contributed by atoms with E-state index in [9.17, 15) is 4.79 Å². The highest BCUT2D eigenvalue weighted by Gasteiger charge is 2.18. The molecule has 3 rings (SSSR count). The highest BCUT2D eigenvalue weighted by molar-refractivity contribution is 5.92. The van der Waals surface area contributed by atoms with Gasteiger partial charge in [0.2, 0.25) is 0 Å². The molecule has 2 aromatic carbocycles. The summed E-state index contributed by atoms with van der Waals surface area (Å²) in [6.45, 7) is 0.515. The molecule has 0 N–H and O–H groups in total. The fourth-order valence-corrected chi connectivity index (χ4v) is 2.41. The molecule has 0 aliphatic rings. The molecule has 1 aromatic heterocycles. The van der Waals surface area contributed by atoms with Crippen molar-refractivity contribution in [3.63, 3.8) is 0 Å². The van der Waals surface area contributed by atoms with Gasteiger partial charge in [-0.2, -0.15) is 0 Å². The van der Waals surface area contributed by atoms with Gasteiger partial charge in [-0.15, -0.1) is 0 Å². The van der Waals surface area contributed by atoms with Crippen molar-refractivity contribution >= 4 is 5.91 Å². The SMILES string of the molecule is COc1cccc(-c2cc(C(=O)N(C)Cc3ccccc3)no2)c1. The summed E-state index contributed by atoms with van der Waals surface area (Å²) in [7, 11) is 3.35. The first-order valence-corrected chi connectivity index (χ1v) is 7.58. The van der Waals surface area contributed by atoms with E-state index in [1.165, 1.54) is 0 Å². The molecule has 0 radical (unpaired) electrons. The fourth-order valence-electron chi connectivity index (χ4n) is 2.41. The highest BCUT2D eigenvalue weighted by atomic mass is 16.5. The molecule has 24 heavy (non-hydrogen) atoms. The Hall–Kier alpha value is -3.08. The molecule has 0 unspecified atom stereocenters. The summed E-state index contributed by atoms with van der Waals surface area (Å²) in [6.07, 6.45) is 0. The van der Waals surface area contributed by atoms with Crippen molar-refractivity contribution in [3.8, 4) is 17.1 Å². The van der Waals surface area contributed by atoms with Crippen LogP contribution in [0.5, 0.6) is 5.75 Å². The minimum absolute atomic E-state index is 0.184. The van der Waals surface area contributed by atoms with E-state index >= 15 is 0 Å². The molecule has 0 aliphatic heterocycles. The average Bonchev–Trinajstić information content (AvgIpc) is 3.12. The van der Waals surface area contributed by atoms with Gasteiger partial charge in [-0.25, -0.2) is 0 Å². The van der Waals surface area contributed by atoms with Gasteiger partial charge in [0.05, 0.1) is 7.11 Å². The van der Waals surface area contributed by atoms with Crippen LogP contribution < -0.4 is 4.74 Å². The number of nitrogens with zero attached hydrogens (tertiary/aromatic N) is 2. The third-order valence-corrected chi connectivity index (χ3v) is 3.69. The van der Waals surface area contributed by atoms with Crippen molar-refractivity contribution in [2.24, 2.45) is 0 Å². The van der Waals surface area contributed by atoms with Gasteiger partial charge in [-0.05, 0) is 17.7 Å². The Bertz CT molecular complexity index is 827. The largest absolute Gasteiger partial charge is 0.497 e. The number of amides is 1. The maximum atomic E-state index is 12.5. The summed E-state index contributed by atoms with van der Waals surface area (Å²) in [5.74, 6) is 1.07. The number of carbonyl (C=O) groups excluding carboxylic acids is 1. The predicted octanol–water partition coefficient (Wildman–Crippen LogP) is 3.62. The Morgan fingerprint density at radius 3 is 2.67 bits per heavy atom. The van der Waals surface area contributed by atoms with Crippen molar-refractivity contribution in [2.75, 3.05) is 14.2 Å². The number of ether oxygens (including phenoxy) is 1. The van der Waals surface area contributed by atoms with Gasteiger partial charge in [-0.1, -0.05) is 47.6 Å². The van der Waals surface area contributed by atoms with E-state index in [1.54, 1.807) is 25.1 Å². The molecule has 122 valence electrons. The van der Waals surface area contributed by atoms with Crippen LogP contribution in [0.25, 0.3) is 11.3 Å². The quantitative estimate of drug-likeness (QED) is 0.720.